The van der Waals surface area contributed by atoms with Crippen LogP contribution < -0.4 is 5.32 Å². The van der Waals surface area contributed by atoms with Crippen LogP contribution in [-0.2, 0) is 9.84 Å². The molecule has 3 unspecified atom stereocenters. The third-order valence-electron chi connectivity index (χ3n) is 6.46. The van der Waals surface area contributed by atoms with Crippen LogP contribution in [0.25, 0.3) is 0 Å². The maximum atomic E-state index is 13.7. The minimum absolute atomic E-state index is 0.0678. The SMILES string of the molecule is O=C(Nc1cc(F)c(F)c(F)c1)c1ccc(Cl)c(S(=O)(=O)C2C3CC[C@@H]2CC(O)(C#CSI)C3)c1. The van der Waals surface area contributed by atoms with Crippen molar-refractivity contribution in [1.82, 2.24) is 0 Å². The van der Waals surface area contributed by atoms with E-state index in [1.807, 2.05) is 21.2 Å². The molecule has 4 rings (SSSR count). The van der Waals surface area contributed by atoms with Crippen molar-refractivity contribution in [2.45, 2.75) is 41.4 Å². The van der Waals surface area contributed by atoms with Crippen molar-refractivity contribution in [3.8, 4) is 11.2 Å². The number of halogens is 5. The number of amides is 1. The zero-order chi connectivity index (χ0) is 25.5. The van der Waals surface area contributed by atoms with Gasteiger partial charge >= 0.3 is 0 Å². The number of hydrogen-bond acceptors (Lipinski definition) is 5. The molecule has 2 aromatic rings. The summed E-state index contributed by atoms with van der Waals surface area (Å²) in [4.78, 5) is 12.4. The highest BCUT2D eigenvalue weighted by Gasteiger charge is 2.54. The number of nitrogens with one attached hydrogen (secondary N) is 1. The largest absolute Gasteiger partial charge is 0.378 e. The number of carbonyl (C=O) groups is 1. The molecule has 0 spiro atoms. The number of carbonyl (C=O) groups excluding carboxylic acids is 1. The van der Waals surface area contributed by atoms with Crippen molar-refractivity contribution < 1.29 is 31.5 Å². The van der Waals surface area contributed by atoms with Gasteiger partial charge < -0.3 is 10.4 Å². The highest BCUT2D eigenvalue weighted by Crippen LogP contribution is 2.51. The number of hydrogen-bond donors (Lipinski definition) is 2. The lowest BCUT2D eigenvalue weighted by atomic mass is 9.78. The predicted octanol–water partition coefficient (Wildman–Crippen LogP) is 5.75. The molecule has 2 N–H and O–H groups in total. The van der Waals surface area contributed by atoms with Gasteiger partial charge in [-0.15, -0.1) is 0 Å². The minimum atomic E-state index is -3.99. The molecule has 1 amide bonds. The molecule has 2 aliphatic carbocycles. The fourth-order valence-corrected chi connectivity index (χ4v) is 8.49. The second-order valence-electron chi connectivity index (χ2n) is 8.70. The van der Waals surface area contributed by atoms with Crippen molar-refractivity contribution >= 4 is 63.2 Å². The van der Waals surface area contributed by atoms with Gasteiger partial charge in [-0.2, -0.15) is 0 Å². The molecule has 2 bridgehead atoms. The van der Waals surface area contributed by atoms with Crippen LogP contribution in [0.5, 0.6) is 0 Å². The molecule has 0 aliphatic heterocycles. The van der Waals surface area contributed by atoms with E-state index in [-0.39, 0.29) is 45.8 Å². The van der Waals surface area contributed by atoms with Crippen molar-refractivity contribution in [3.05, 3.63) is 58.4 Å². The van der Waals surface area contributed by atoms with E-state index >= 15 is 0 Å². The van der Waals surface area contributed by atoms with Crippen LogP contribution in [0.1, 0.15) is 36.0 Å². The van der Waals surface area contributed by atoms with Crippen LogP contribution in [0.15, 0.2) is 35.2 Å². The lowest BCUT2D eigenvalue weighted by Crippen LogP contribution is -2.45. The predicted molar refractivity (Wildman–Crippen MR) is 136 cm³/mol. The Morgan fingerprint density at radius 1 is 1.14 bits per heavy atom. The average Bonchev–Trinajstić information content (AvgIpc) is 3.09. The lowest BCUT2D eigenvalue weighted by molar-refractivity contribution is 0.0341. The van der Waals surface area contributed by atoms with E-state index in [0.29, 0.717) is 25.0 Å². The smallest absolute Gasteiger partial charge is 0.255 e. The third-order valence-corrected chi connectivity index (χ3v) is 10.2. The molecule has 12 heteroatoms. The summed E-state index contributed by atoms with van der Waals surface area (Å²) in [6.45, 7) is 0. The molecule has 5 nitrogen and oxygen atoms in total. The number of benzene rings is 2. The van der Waals surface area contributed by atoms with Crippen LogP contribution in [-0.4, -0.2) is 30.3 Å². The zero-order valence-corrected chi connectivity index (χ0v) is 22.4. The van der Waals surface area contributed by atoms with Gasteiger partial charge in [0.1, 0.15) is 5.60 Å². The van der Waals surface area contributed by atoms with Crippen LogP contribution in [0, 0.1) is 40.5 Å². The van der Waals surface area contributed by atoms with Crippen LogP contribution in [0.3, 0.4) is 0 Å². The van der Waals surface area contributed by atoms with Gasteiger partial charge in [0, 0.05) is 44.6 Å². The Bertz CT molecular complexity index is 1330. The van der Waals surface area contributed by atoms with Gasteiger partial charge in [0.05, 0.1) is 15.2 Å². The quantitative estimate of drug-likeness (QED) is 0.249. The minimum Gasteiger partial charge on any atom is -0.378 e. The monoisotopic (exact) mass is 655 g/mol. The molecule has 0 saturated heterocycles. The summed E-state index contributed by atoms with van der Waals surface area (Å²) in [6, 6.07) is 4.89. The van der Waals surface area contributed by atoms with Crippen molar-refractivity contribution in [2.24, 2.45) is 11.8 Å². The summed E-state index contributed by atoms with van der Waals surface area (Å²) in [6.07, 6.45) is 1.68. The number of aliphatic hydroxyl groups is 1. The molecule has 2 saturated carbocycles. The van der Waals surface area contributed by atoms with Gasteiger partial charge in [-0.05, 0) is 69.9 Å². The van der Waals surface area contributed by atoms with E-state index in [9.17, 15) is 31.5 Å². The fourth-order valence-electron chi connectivity index (χ4n) is 5.09. The molecule has 0 radical (unpaired) electrons. The number of anilines is 1. The Kier molecular flexibility index (Phi) is 7.70. The molecule has 2 fully saturated rings. The summed E-state index contributed by atoms with van der Waals surface area (Å²) < 4.78 is 67.5. The normalized spacial score (nSPS) is 25.6. The summed E-state index contributed by atoms with van der Waals surface area (Å²) in [5.74, 6) is -3.28. The summed E-state index contributed by atoms with van der Waals surface area (Å²) in [5.41, 5.74) is -1.69. The first-order valence-corrected chi connectivity index (χ1v) is 15.7. The third kappa shape index (κ3) is 5.32. The molecule has 186 valence electrons. The Hall–Kier alpha value is -1.46. The van der Waals surface area contributed by atoms with E-state index in [1.54, 1.807) is 0 Å². The molecular formula is C23H18ClF3INO4S2. The molecule has 2 aromatic carbocycles. The first-order valence-electron chi connectivity index (χ1n) is 10.5. The topological polar surface area (TPSA) is 83.5 Å². The van der Waals surface area contributed by atoms with E-state index in [0.717, 1.165) is 6.07 Å². The van der Waals surface area contributed by atoms with E-state index in [2.05, 4.69) is 16.5 Å². The molecular weight excluding hydrogens is 638 g/mol. The second-order valence-corrected chi connectivity index (χ2v) is 12.9. The van der Waals surface area contributed by atoms with E-state index in [4.69, 9.17) is 11.6 Å². The van der Waals surface area contributed by atoms with E-state index < -0.39 is 44.0 Å². The van der Waals surface area contributed by atoms with E-state index in [1.165, 1.54) is 21.1 Å². The Morgan fingerprint density at radius 3 is 2.31 bits per heavy atom. The Balaban J connectivity index is 1.62. The van der Waals surface area contributed by atoms with Gasteiger partial charge in [-0.25, -0.2) is 21.6 Å². The summed E-state index contributed by atoms with van der Waals surface area (Å²) >= 11 is 8.24. The second kappa shape index (κ2) is 10.1. The standard InChI is InChI=1S/C23H18ClF3INO4S2/c24-16-4-3-12(22(30)29-15-8-17(25)20(27)18(26)9-15)7-19(16)35(32,33)21-13-1-2-14(21)11-23(31,10-13)5-6-34-28/h3-4,7-9,13-14,21,31H,1-2,10-11H2,(H,29,30)/t13-,14?,21?,23?/m1/s1. The maximum Gasteiger partial charge on any atom is 0.255 e. The zero-order valence-electron chi connectivity index (χ0n) is 17.8. The number of rotatable bonds is 4. The van der Waals surface area contributed by atoms with Crippen LogP contribution >= 0.6 is 41.7 Å². The van der Waals surface area contributed by atoms with Gasteiger partial charge in [-0.1, -0.05) is 17.5 Å². The van der Waals surface area contributed by atoms with Gasteiger partial charge in [-0.3, -0.25) is 4.79 Å². The van der Waals surface area contributed by atoms with Crippen molar-refractivity contribution in [1.29, 1.82) is 0 Å². The van der Waals surface area contributed by atoms with Gasteiger partial charge in [0.2, 0.25) is 0 Å². The van der Waals surface area contributed by atoms with Crippen molar-refractivity contribution in [2.75, 3.05) is 5.32 Å². The summed E-state index contributed by atoms with van der Waals surface area (Å²) in [7, 11) is -2.75. The highest BCUT2D eigenvalue weighted by molar-refractivity contribution is 14.2. The Labute approximate surface area is 221 Å². The molecule has 4 atom stereocenters. The molecule has 0 heterocycles. The van der Waals surface area contributed by atoms with Crippen LogP contribution in [0.4, 0.5) is 18.9 Å². The summed E-state index contributed by atoms with van der Waals surface area (Å²) in [5, 5.41) is 15.0. The lowest BCUT2D eigenvalue weighted by Gasteiger charge is -2.38. The number of sulfone groups is 1. The Morgan fingerprint density at radius 2 is 1.74 bits per heavy atom. The van der Waals surface area contributed by atoms with Gasteiger partial charge in [0.25, 0.3) is 5.91 Å². The van der Waals surface area contributed by atoms with Gasteiger partial charge in [0.15, 0.2) is 27.3 Å². The number of fused-ring (bicyclic) bond motifs is 2. The molecule has 0 aromatic heterocycles. The van der Waals surface area contributed by atoms with Crippen LogP contribution in [0.2, 0.25) is 5.02 Å². The average molecular weight is 656 g/mol. The maximum absolute atomic E-state index is 13.7. The van der Waals surface area contributed by atoms with Crippen molar-refractivity contribution in [3.63, 3.8) is 0 Å². The fraction of sp³-hybridized carbons (Fsp3) is 0.348. The first-order chi connectivity index (χ1) is 16.4. The molecule has 2 aliphatic rings. The first kappa shape index (κ1) is 26.6. The molecule has 35 heavy (non-hydrogen) atoms. The highest BCUT2D eigenvalue weighted by atomic mass is 127.